The van der Waals surface area contributed by atoms with Gasteiger partial charge in [-0.3, -0.25) is 0 Å². The average molecular weight is 182 g/mol. The summed E-state index contributed by atoms with van der Waals surface area (Å²) in [7, 11) is 0. The second-order valence-electron chi connectivity index (χ2n) is 4.10. The molecule has 2 heterocycles. The van der Waals surface area contributed by atoms with E-state index in [0.29, 0.717) is 6.04 Å². The molecule has 0 aliphatic carbocycles. The van der Waals surface area contributed by atoms with Crippen LogP contribution in [-0.2, 0) is 4.74 Å². The number of nitrogens with one attached hydrogen (secondary N) is 1. The van der Waals surface area contributed by atoms with Crippen LogP contribution in [0, 0.1) is 5.92 Å². The van der Waals surface area contributed by atoms with E-state index in [-0.39, 0.29) is 0 Å². The summed E-state index contributed by atoms with van der Waals surface area (Å²) in [5, 5.41) is 3.41. The van der Waals surface area contributed by atoms with Crippen LogP contribution in [0.5, 0.6) is 0 Å². The van der Waals surface area contributed by atoms with Crippen LogP contribution < -0.4 is 5.32 Å². The van der Waals surface area contributed by atoms with E-state index in [9.17, 15) is 0 Å². The highest BCUT2D eigenvalue weighted by molar-refractivity contribution is 5.77. The van der Waals surface area contributed by atoms with Crippen molar-refractivity contribution in [2.45, 2.75) is 32.2 Å². The fraction of sp³-hybridized carbons (Fsp3) is 0.900. The van der Waals surface area contributed by atoms with Gasteiger partial charge < -0.3 is 10.1 Å². The monoisotopic (exact) mass is 182 g/mol. The summed E-state index contributed by atoms with van der Waals surface area (Å²) in [6, 6.07) is 0.381. The summed E-state index contributed by atoms with van der Waals surface area (Å²) in [5.41, 5.74) is 0. The molecular formula is C10H18N2O. The van der Waals surface area contributed by atoms with E-state index in [1.807, 2.05) is 0 Å². The summed E-state index contributed by atoms with van der Waals surface area (Å²) in [4.78, 5) is 4.45. The van der Waals surface area contributed by atoms with E-state index in [1.54, 1.807) is 0 Å². The predicted molar refractivity (Wildman–Crippen MR) is 53.1 cm³/mol. The predicted octanol–water partition coefficient (Wildman–Crippen LogP) is 1.19. The summed E-state index contributed by atoms with van der Waals surface area (Å²) < 4.78 is 5.49. The third-order valence-corrected chi connectivity index (χ3v) is 2.72. The number of hydrogen-bond donors (Lipinski definition) is 1. The van der Waals surface area contributed by atoms with Crippen LogP contribution >= 0.6 is 0 Å². The minimum atomic E-state index is 0.381. The smallest absolute Gasteiger partial charge is 0.183 e. The standard InChI is InChI=1S/C10H18N2O/c1-8-7-13-10(12-8)5-9-3-2-4-11-6-9/h8-9,11H,2-7H2,1H3. The number of piperidine rings is 1. The first-order chi connectivity index (χ1) is 6.34. The molecule has 2 aliphatic rings. The van der Waals surface area contributed by atoms with Gasteiger partial charge >= 0.3 is 0 Å². The van der Waals surface area contributed by atoms with Crippen LogP contribution in [0.25, 0.3) is 0 Å². The Hall–Kier alpha value is -0.570. The zero-order chi connectivity index (χ0) is 9.10. The van der Waals surface area contributed by atoms with E-state index in [2.05, 4.69) is 17.2 Å². The molecule has 0 saturated carbocycles. The Morgan fingerprint density at radius 1 is 1.62 bits per heavy atom. The van der Waals surface area contributed by atoms with E-state index in [4.69, 9.17) is 4.74 Å². The Kier molecular flexibility index (Phi) is 2.83. The van der Waals surface area contributed by atoms with E-state index in [1.165, 1.54) is 19.4 Å². The van der Waals surface area contributed by atoms with Gasteiger partial charge in [0.05, 0.1) is 6.04 Å². The van der Waals surface area contributed by atoms with Crippen LogP contribution in [-0.4, -0.2) is 31.6 Å². The zero-order valence-electron chi connectivity index (χ0n) is 8.25. The zero-order valence-corrected chi connectivity index (χ0v) is 8.25. The van der Waals surface area contributed by atoms with Gasteiger partial charge in [-0.25, -0.2) is 4.99 Å². The minimum Gasteiger partial charge on any atom is -0.479 e. The molecule has 3 nitrogen and oxygen atoms in total. The van der Waals surface area contributed by atoms with Gasteiger partial charge in [-0.05, 0) is 38.8 Å². The highest BCUT2D eigenvalue weighted by atomic mass is 16.5. The minimum absolute atomic E-state index is 0.381. The van der Waals surface area contributed by atoms with Crippen molar-refractivity contribution in [1.82, 2.24) is 5.32 Å². The van der Waals surface area contributed by atoms with Crippen molar-refractivity contribution in [3.05, 3.63) is 0 Å². The van der Waals surface area contributed by atoms with Crippen molar-refractivity contribution in [1.29, 1.82) is 0 Å². The topological polar surface area (TPSA) is 33.6 Å². The van der Waals surface area contributed by atoms with Gasteiger partial charge in [-0.2, -0.15) is 0 Å². The largest absolute Gasteiger partial charge is 0.479 e. The second-order valence-corrected chi connectivity index (χ2v) is 4.10. The lowest BCUT2D eigenvalue weighted by Gasteiger charge is -2.21. The lowest BCUT2D eigenvalue weighted by Crippen LogP contribution is -2.31. The molecular weight excluding hydrogens is 164 g/mol. The van der Waals surface area contributed by atoms with Crippen LogP contribution in [0.2, 0.25) is 0 Å². The molecule has 0 aromatic rings. The first-order valence-electron chi connectivity index (χ1n) is 5.25. The van der Waals surface area contributed by atoms with Crippen LogP contribution in [0.4, 0.5) is 0 Å². The lowest BCUT2D eigenvalue weighted by molar-refractivity contribution is 0.298. The number of hydrogen-bond acceptors (Lipinski definition) is 3. The molecule has 1 N–H and O–H groups in total. The van der Waals surface area contributed by atoms with Crippen molar-refractivity contribution in [2.75, 3.05) is 19.7 Å². The molecule has 2 aliphatic heterocycles. The maximum Gasteiger partial charge on any atom is 0.183 e. The third-order valence-electron chi connectivity index (χ3n) is 2.72. The van der Waals surface area contributed by atoms with Crippen molar-refractivity contribution in [3.63, 3.8) is 0 Å². The summed E-state index contributed by atoms with van der Waals surface area (Å²) in [5.74, 6) is 1.74. The molecule has 0 spiro atoms. The van der Waals surface area contributed by atoms with E-state index in [0.717, 1.165) is 31.4 Å². The molecule has 1 saturated heterocycles. The Morgan fingerprint density at radius 2 is 2.54 bits per heavy atom. The Morgan fingerprint density at radius 3 is 3.15 bits per heavy atom. The number of aliphatic imine (C=N–C) groups is 1. The highest BCUT2D eigenvalue weighted by Crippen LogP contribution is 2.17. The lowest BCUT2D eigenvalue weighted by atomic mass is 9.96. The van der Waals surface area contributed by atoms with Gasteiger partial charge in [0.2, 0.25) is 0 Å². The normalized spacial score (nSPS) is 34.1. The molecule has 0 radical (unpaired) electrons. The van der Waals surface area contributed by atoms with Gasteiger partial charge in [-0.15, -0.1) is 0 Å². The summed E-state index contributed by atoms with van der Waals surface area (Å²) in [6.45, 7) is 5.21. The highest BCUT2D eigenvalue weighted by Gasteiger charge is 2.20. The van der Waals surface area contributed by atoms with Crippen molar-refractivity contribution in [2.24, 2.45) is 10.9 Å². The Balaban J connectivity index is 1.80. The summed E-state index contributed by atoms with van der Waals surface area (Å²) >= 11 is 0. The quantitative estimate of drug-likeness (QED) is 0.696. The van der Waals surface area contributed by atoms with Crippen LogP contribution in [0.3, 0.4) is 0 Å². The molecule has 0 aromatic carbocycles. The maximum atomic E-state index is 5.49. The second kappa shape index (κ2) is 4.09. The van der Waals surface area contributed by atoms with E-state index < -0.39 is 0 Å². The van der Waals surface area contributed by atoms with Gasteiger partial charge in [0.15, 0.2) is 5.90 Å². The first-order valence-corrected chi connectivity index (χ1v) is 5.25. The molecule has 2 unspecified atom stereocenters. The molecule has 0 aromatic heterocycles. The van der Waals surface area contributed by atoms with E-state index >= 15 is 0 Å². The maximum absolute atomic E-state index is 5.49. The number of rotatable bonds is 2. The summed E-state index contributed by atoms with van der Waals surface area (Å²) in [6.07, 6.45) is 3.66. The molecule has 74 valence electrons. The van der Waals surface area contributed by atoms with Gasteiger partial charge in [0.25, 0.3) is 0 Å². The van der Waals surface area contributed by atoms with Crippen LogP contribution in [0.1, 0.15) is 26.2 Å². The van der Waals surface area contributed by atoms with Crippen molar-refractivity contribution >= 4 is 5.90 Å². The Bertz CT molecular complexity index is 197. The van der Waals surface area contributed by atoms with Gasteiger partial charge in [0, 0.05) is 6.42 Å². The molecule has 0 amide bonds. The van der Waals surface area contributed by atoms with Crippen molar-refractivity contribution in [3.8, 4) is 0 Å². The van der Waals surface area contributed by atoms with Crippen molar-refractivity contribution < 1.29 is 4.74 Å². The molecule has 13 heavy (non-hydrogen) atoms. The molecule has 3 heteroatoms. The molecule has 1 fully saturated rings. The molecule has 2 rings (SSSR count). The molecule has 2 atom stereocenters. The number of ether oxygens (including phenoxy) is 1. The third kappa shape index (κ3) is 2.44. The Labute approximate surface area is 79.6 Å². The first kappa shape index (κ1) is 9.00. The SMILES string of the molecule is CC1COC(CC2CCCNC2)=N1. The average Bonchev–Trinajstić information content (AvgIpc) is 2.53. The fourth-order valence-electron chi connectivity index (χ4n) is 1.99. The molecule has 0 bridgehead atoms. The van der Waals surface area contributed by atoms with Gasteiger partial charge in [0.1, 0.15) is 6.61 Å². The fourth-order valence-corrected chi connectivity index (χ4v) is 1.99. The van der Waals surface area contributed by atoms with Gasteiger partial charge in [-0.1, -0.05) is 0 Å². The van der Waals surface area contributed by atoms with Crippen LogP contribution in [0.15, 0.2) is 4.99 Å². The number of nitrogens with zero attached hydrogens (tertiary/aromatic N) is 1.